The zero-order valence-electron chi connectivity index (χ0n) is 14.1. The quantitative estimate of drug-likeness (QED) is 0.610. The van der Waals surface area contributed by atoms with Crippen molar-refractivity contribution < 1.29 is 13.5 Å². The second kappa shape index (κ2) is 6.74. The lowest BCUT2D eigenvalue weighted by Gasteiger charge is -2.07. The summed E-state index contributed by atoms with van der Waals surface area (Å²) in [5.41, 5.74) is 1.06. The maximum Gasteiger partial charge on any atom is 0.258 e. The van der Waals surface area contributed by atoms with Crippen molar-refractivity contribution in [3.63, 3.8) is 0 Å². The highest BCUT2D eigenvalue weighted by Crippen LogP contribution is 2.24. The number of aromatic hydroxyl groups is 1. The predicted octanol–water partition coefficient (Wildman–Crippen LogP) is 2.20. The second-order valence-corrected chi connectivity index (χ2v) is 7.53. The maximum absolute atomic E-state index is 11.9. The van der Waals surface area contributed by atoms with Gasteiger partial charge in [0.15, 0.2) is 0 Å². The molecule has 26 heavy (non-hydrogen) atoms. The Kier molecular flexibility index (Phi) is 4.62. The number of aromatic nitrogens is 1. The normalized spacial score (nSPS) is 12.1. The van der Waals surface area contributed by atoms with Gasteiger partial charge in [0.1, 0.15) is 0 Å². The van der Waals surface area contributed by atoms with Crippen LogP contribution in [0, 0.1) is 6.92 Å². The summed E-state index contributed by atoms with van der Waals surface area (Å²) in [7, 11) is -2.18. The Morgan fingerprint density at radius 3 is 2.50 bits per heavy atom. The van der Waals surface area contributed by atoms with Crippen LogP contribution in [0.5, 0.6) is 5.88 Å². The number of sulfonamides is 1. The first-order valence-corrected chi connectivity index (χ1v) is 9.24. The Morgan fingerprint density at radius 2 is 1.85 bits per heavy atom. The third-order valence-electron chi connectivity index (χ3n) is 4.01. The molecule has 3 N–H and O–H groups in total. The van der Waals surface area contributed by atoms with Crippen LogP contribution in [0.2, 0.25) is 0 Å². The van der Waals surface area contributed by atoms with Gasteiger partial charge in [0.25, 0.3) is 5.56 Å². The second-order valence-electron chi connectivity index (χ2n) is 5.68. The number of rotatable bonds is 4. The van der Waals surface area contributed by atoms with E-state index in [-0.39, 0.29) is 16.3 Å². The summed E-state index contributed by atoms with van der Waals surface area (Å²) in [4.78, 5) is 18.8. The van der Waals surface area contributed by atoms with E-state index in [2.05, 4.69) is 14.7 Å². The third kappa shape index (κ3) is 3.24. The van der Waals surface area contributed by atoms with Crippen molar-refractivity contribution in [1.82, 2.24) is 9.71 Å². The van der Waals surface area contributed by atoms with Gasteiger partial charge in [-0.3, -0.25) is 14.8 Å². The summed E-state index contributed by atoms with van der Waals surface area (Å²) in [5.74, 6) is -0.274. The van der Waals surface area contributed by atoms with E-state index in [4.69, 9.17) is 0 Å². The number of hydrogen-bond acceptors (Lipinski definition) is 5. The van der Waals surface area contributed by atoms with Crippen LogP contribution in [0.1, 0.15) is 11.1 Å². The molecule has 0 saturated carbocycles. The van der Waals surface area contributed by atoms with Crippen molar-refractivity contribution in [2.45, 2.75) is 11.8 Å². The van der Waals surface area contributed by atoms with E-state index in [9.17, 15) is 18.3 Å². The average Bonchev–Trinajstić information content (AvgIpc) is 2.61. The number of hydrogen-bond donors (Lipinski definition) is 3. The number of aryl methyl sites for hydroxylation is 1. The van der Waals surface area contributed by atoms with E-state index >= 15 is 0 Å². The van der Waals surface area contributed by atoms with Crippen LogP contribution in [0.25, 0.3) is 10.8 Å². The number of nitrogens with one attached hydrogen (secondary N) is 2. The minimum atomic E-state index is -3.53. The van der Waals surface area contributed by atoms with E-state index in [1.807, 2.05) is 0 Å². The monoisotopic (exact) mass is 371 g/mol. The summed E-state index contributed by atoms with van der Waals surface area (Å²) in [5, 5.41) is 11.1. The first-order valence-electron chi connectivity index (χ1n) is 7.76. The Balaban J connectivity index is 2.06. The van der Waals surface area contributed by atoms with E-state index in [1.54, 1.807) is 43.3 Å². The van der Waals surface area contributed by atoms with Gasteiger partial charge in [0, 0.05) is 17.0 Å². The molecule has 7 nitrogen and oxygen atoms in total. The third-order valence-corrected chi connectivity index (χ3v) is 5.58. The SMILES string of the molecule is CNS(=O)(=O)c1ccc(N=Cc2c(O)[nH]c(=O)c3ccccc23)cc1C. The van der Waals surface area contributed by atoms with Crippen LogP contribution in [0.15, 0.2) is 57.1 Å². The van der Waals surface area contributed by atoms with E-state index in [0.29, 0.717) is 27.6 Å². The number of benzene rings is 2. The average molecular weight is 371 g/mol. The summed E-state index contributed by atoms with van der Waals surface area (Å²) in [6, 6.07) is 11.6. The highest BCUT2D eigenvalue weighted by molar-refractivity contribution is 7.89. The molecule has 8 heteroatoms. The van der Waals surface area contributed by atoms with Crippen LogP contribution in [-0.2, 0) is 10.0 Å². The van der Waals surface area contributed by atoms with Crippen molar-refractivity contribution in [3.05, 3.63) is 63.9 Å². The molecule has 1 heterocycles. The number of nitrogens with zero attached hydrogens (tertiary/aromatic N) is 1. The molecular formula is C18H17N3O4S. The first-order chi connectivity index (χ1) is 12.3. The number of fused-ring (bicyclic) bond motifs is 1. The van der Waals surface area contributed by atoms with Crippen molar-refractivity contribution in [3.8, 4) is 5.88 Å². The van der Waals surface area contributed by atoms with Gasteiger partial charge >= 0.3 is 0 Å². The van der Waals surface area contributed by atoms with Crippen molar-refractivity contribution in [1.29, 1.82) is 0 Å². The predicted molar refractivity (Wildman–Crippen MR) is 101 cm³/mol. The highest BCUT2D eigenvalue weighted by atomic mass is 32.2. The molecule has 0 saturated heterocycles. The summed E-state index contributed by atoms with van der Waals surface area (Å²) in [6.07, 6.45) is 1.44. The minimum absolute atomic E-state index is 0.177. The lowest BCUT2D eigenvalue weighted by Crippen LogP contribution is -2.19. The molecule has 0 aliphatic carbocycles. The molecule has 1 aromatic heterocycles. The topological polar surface area (TPSA) is 112 Å². The fourth-order valence-electron chi connectivity index (χ4n) is 2.68. The molecule has 0 bridgehead atoms. The molecule has 134 valence electrons. The smallest absolute Gasteiger partial charge is 0.258 e. The molecule has 0 fully saturated rings. The van der Waals surface area contributed by atoms with Gasteiger partial charge in [-0.2, -0.15) is 0 Å². The molecule has 3 rings (SSSR count). The molecule has 0 unspecified atom stereocenters. The largest absolute Gasteiger partial charge is 0.494 e. The molecule has 0 atom stereocenters. The summed E-state index contributed by atoms with van der Waals surface area (Å²) in [6.45, 7) is 1.68. The van der Waals surface area contributed by atoms with Crippen LogP contribution < -0.4 is 10.3 Å². The number of aromatic amines is 1. The van der Waals surface area contributed by atoms with Gasteiger partial charge < -0.3 is 5.11 Å². The minimum Gasteiger partial charge on any atom is -0.494 e. The lowest BCUT2D eigenvalue weighted by atomic mass is 10.1. The van der Waals surface area contributed by atoms with Crippen molar-refractivity contribution in [2.24, 2.45) is 4.99 Å². The van der Waals surface area contributed by atoms with E-state index in [1.165, 1.54) is 19.3 Å². The van der Waals surface area contributed by atoms with Crippen molar-refractivity contribution in [2.75, 3.05) is 7.05 Å². The van der Waals surface area contributed by atoms with Crippen LogP contribution in [0.3, 0.4) is 0 Å². The highest BCUT2D eigenvalue weighted by Gasteiger charge is 2.14. The Bertz CT molecular complexity index is 1180. The molecule has 3 aromatic rings. The number of H-pyrrole nitrogens is 1. The fourth-order valence-corrected chi connectivity index (χ4v) is 3.63. The van der Waals surface area contributed by atoms with Crippen molar-refractivity contribution >= 4 is 32.7 Å². The van der Waals surface area contributed by atoms with Gasteiger partial charge in [0.05, 0.1) is 16.1 Å². The molecule has 0 amide bonds. The molecular weight excluding hydrogens is 354 g/mol. The van der Waals surface area contributed by atoms with E-state index in [0.717, 1.165) is 0 Å². The van der Waals surface area contributed by atoms with Crippen LogP contribution in [-0.4, -0.2) is 31.8 Å². The van der Waals surface area contributed by atoms with Gasteiger partial charge in [-0.1, -0.05) is 18.2 Å². The maximum atomic E-state index is 11.9. The van der Waals surface area contributed by atoms with Gasteiger partial charge in [-0.15, -0.1) is 0 Å². The Labute approximate surface area is 150 Å². The Hall–Kier alpha value is -2.97. The van der Waals surface area contributed by atoms with Gasteiger partial charge in [-0.25, -0.2) is 13.1 Å². The Morgan fingerprint density at radius 1 is 1.15 bits per heavy atom. The zero-order valence-corrected chi connectivity index (χ0v) is 15.0. The molecule has 0 aliphatic rings. The molecule has 0 aliphatic heterocycles. The molecule has 0 spiro atoms. The van der Waals surface area contributed by atoms with Crippen LogP contribution in [0.4, 0.5) is 5.69 Å². The zero-order chi connectivity index (χ0) is 18.9. The molecule has 2 aromatic carbocycles. The number of aliphatic imine (C=N–C) groups is 1. The lowest BCUT2D eigenvalue weighted by molar-refractivity contribution is 0.452. The molecule has 0 radical (unpaired) electrons. The fraction of sp³-hybridized carbons (Fsp3) is 0.111. The van der Waals surface area contributed by atoms with E-state index < -0.39 is 10.0 Å². The van der Waals surface area contributed by atoms with Crippen LogP contribution >= 0.6 is 0 Å². The number of pyridine rings is 1. The summed E-state index contributed by atoms with van der Waals surface area (Å²) < 4.78 is 26.1. The summed E-state index contributed by atoms with van der Waals surface area (Å²) >= 11 is 0. The standard InChI is InChI=1S/C18H17N3O4S/c1-11-9-12(7-8-16(11)26(24,25)19-2)20-10-15-13-5-3-4-6-14(13)17(22)21-18(15)23/h3-10,19H,1-2H3,(H2,21,22,23). The van der Waals surface area contributed by atoms with Gasteiger partial charge in [0.2, 0.25) is 15.9 Å². The first kappa shape index (κ1) is 17.8. The van der Waals surface area contributed by atoms with Gasteiger partial charge in [-0.05, 0) is 43.8 Å².